The minimum atomic E-state index is -0.356. The van der Waals surface area contributed by atoms with E-state index in [-0.39, 0.29) is 29.7 Å². The average Bonchev–Trinajstić information content (AvgIpc) is 2.59. The number of carbonyl (C=O) groups excluding carboxylic acids is 2. The predicted octanol–water partition coefficient (Wildman–Crippen LogP) is 0.525. The number of hydrogen-bond donors (Lipinski definition) is 0. The van der Waals surface area contributed by atoms with Crippen LogP contribution in [0.2, 0.25) is 0 Å². The third-order valence-corrected chi connectivity index (χ3v) is 2.86. The van der Waals surface area contributed by atoms with Crippen molar-refractivity contribution in [3.05, 3.63) is 12.2 Å². The van der Waals surface area contributed by atoms with Gasteiger partial charge in [-0.05, 0) is 6.42 Å². The SMILES string of the molecule is COC(=O)[C@@H]1CC=C[C@@H]2COC(=O)[C@@H]21. The Balaban J connectivity index is 2.22. The molecule has 1 heterocycles. The van der Waals surface area contributed by atoms with Gasteiger partial charge in [-0.25, -0.2) is 0 Å². The van der Waals surface area contributed by atoms with Gasteiger partial charge in [-0.3, -0.25) is 9.59 Å². The van der Waals surface area contributed by atoms with Crippen molar-refractivity contribution in [1.29, 1.82) is 0 Å². The lowest BCUT2D eigenvalue weighted by Crippen LogP contribution is -2.33. The van der Waals surface area contributed by atoms with Crippen LogP contribution in [-0.2, 0) is 19.1 Å². The van der Waals surface area contributed by atoms with Crippen LogP contribution in [0.1, 0.15) is 6.42 Å². The maximum atomic E-state index is 11.4. The molecule has 4 heteroatoms. The second-order valence-electron chi connectivity index (χ2n) is 3.61. The summed E-state index contributed by atoms with van der Waals surface area (Å²) in [6.07, 6.45) is 4.45. The van der Waals surface area contributed by atoms with Crippen molar-refractivity contribution < 1.29 is 19.1 Å². The molecule has 14 heavy (non-hydrogen) atoms. The van der Waals surface area contributed by atoms with Crippen molar-refractivity contribution in [2.75, 3.05) is 13.7 Å². The summed E-state index contributed by atoms with van der Waals surface area (Å²) < 4.78 is 9.59. The number of cyclic esters (lactones) is 1. The van der Waals surface area contributed by atoms with Gasteiger partial charge in [-0.15, -0.1) is 0 Å². The quantitative estimate of drug-likeness (QED) is 0.453. The Hall–Kier alpha value is -1.32. The zero-order chi connectivity index (χ0) is 10.1. The molecule has 2 aliphatic rings. The molecule has 3 atom stereocenters. The molecule has 4 nitrogen and oxygen atoms in total. The highest BCUT2D eigenvalue weighted by Gasteiger charge is 2.45. The van der Waals surface area contributed by atoms with Gasteiger partial charge >= 0.3 is 11.9 Å². The fourth-order valence-electron chi connectivity index (χ4n) is 2.13. The first-order valence-electron chi connectivity index (χ1n) is 4.65. The lowest BCUT2D eigenvalue weighted by Gasteiger charge is -2.23. The number of carbonyl (C=O) groups is 2. The summed E-state index contributed by atoms with van der Waals surface area (Å²) in [5.74, 6) is -1.21. The molecule has 2 rings (SSSR count). The third kappa shape index (κ3) is 1.31. The standard InChI is InChI=1S/C10H12O4/c1-13-9(11)7-4-2-3-6-5-14-10(12)8(6)7/h2-3,6-8H,4-5H2,1H3/t6-,7-,8+/m1/s1. The van der Waals surface area contributed by atoms with E-state index in [9.17, 15) is 9.59 Å². The summed E-state index contributed by atoms with van der Waals surface area (Å²) in [5.41, 5.74) is 0. The number of fused-ring (bicyclic) bond motifs is 1. The van der Waals surface area contributed by atoms with Gasteiger partial charge in [0.25, 0.3) is 0 Å². The normalized spacial score (nSPS) is 34.9. The van der Waals surface area contributed by atoms with Gasteiger partial charge in [0.05, 0.1) is 25.6 Å². The molecular formula is C10H12O4. The molecule has 1 aliphatic carbocycles. The Morgan fingerprint density at radius 3 is 3.14 bits per heavy atom. The van der Waals surface area contributed by atoms with Crippen LogP contribution in [0, 0.1) is 17.8 Å². The molecule has 1 fully saturated rings. The van der Waals surface area contributed by atoms with Crippen LogP contribution < -0.4 is 0 Å². The molecule has 0 N–H and O–H groups in total. The second kappa shape index (κ2) is 3.44. The molecule has 1 saturated heterocycles. The maximum Gasteiger partial charge on any atom is 0.310 e. The predicted molar refractivity (Wildman–Crippen MR) is 47.2 cm³/mol. The lowest BCUT2D eigenvalue weighted by atomic mass is 9.77. The van der Waals surface area contributed by atoms with E-state index < -0.39 is 0 Å². The van der Waals surface area contributed by atoms with E-state index in [1.807, 2.05) is 12.2 Å². The highest BCUT2D eigenvalue weighted by Crippen LogP contribution is 2.36. The topological polar surface area (TPSA) is 52.6 Å². The van der Waals surface area contributed by atoms with E-state index in [4.69, 9.17) is 4.74 Å². The molecular weight excluding hydrogens is 184 g/mol. The molecule has 1 aliphatic heterocycles. The molecule has 0 amide bonds. The molecule has 76 valence electrons. The van der Waals surface area contributed by atoms with Crippen LogP contribution >= 0.6 is 0 Å². The molecule has 0 unspecified atom stereocenters. The molecule has 0 bridgehead atoms. The van der Waals surface area contributed by atoms with Crippen molar-refractivity contribution in [1.82, 2.24) is 0 Å². The number of esters is 2. The summed E-state index contributed by atoms with van der Waals surface area (Å²) in [7, 11) is 1.34. The molecule has 0 aromatic carbocycles. The van der Waals surface area contributed by atoms with Gasteiger partial charge in [0, 0.05) is 5.92 Å². The first kappa shape index (κ1) is 9.24. The summed E-state index contributed by atoms with van der Waals surface area (Å²) in [6, 6.07) is 0. The molecule has 0 aromatic heterocycles. The second-order valence-corrected chi connectivity index (χ2v) is 3.61. The van der Waals surface area contributed by atoms with E-state index >= 15 is 0 Å². The summed E-state index contributed by atoms with van der Waals surface area (Å²) in [5, 5.41) is 0. The zero-order valence-corrected chi connectivity index (χ0v) is 7.93. The fraction of sp³-hybridized carbons (Fsp3) is 0.600. The van der Waals surface area contributed by atoms with Gasteiger partial charge in [-0.2, -0.15) is 0 Å². The highest BCUT2D eigenvalue weighted by molar-refractivity contribution is 5.84. The monoisotopic (exact) mass is 196 g/mol. The number of allylic oxidation sites excluding steroid dienone is 1. The molecule has 0 radical (unpaired) electrons. The van der Waals surface area contributed by atoms with E-state index in [1.165, 1.54) is 7.11 Å². The van der Waals surface area contributed by atoms with Crippen molar-refractivity contribution in [2.45, 2.75) is 6.42 Å². The van der Waals surface area contributed by atoms with Crippen molar-refractivity contribution in [3.8, 4) is 0 Å². The van der Waals surface area contributed by atoms with E-state index in [0.29, 0.717) is 13.0 Å². The first-order chi connectivity index (χ1) is 6.74. The molecule has 0 saturated carbocycles. The van der Waals surface area contributed by atoms with Gasteiger partial charge in [0.1, 0.15) is 0 Å². The Morgan fingerprint density at radius 2 is 2.43 bits per heavy atom. The maximum absolute atomic E-state index is 11.4. The molecule has 0 spiro atoms. The van der Waals surface area contributed by atoms with Crippen LogP contribution in [0.25, 0.3) is 0 Å². The van der Waals surface area contributed by atoms with E-state index in [2.05, 4.69) is 4.74 Å². The minimum Gasteiger partial charge on any atom is -0.469 e. The van der Waals surface area contributed by atoms with Crippen LogP contribution in [-0.4, -0.2) is 25.7 Å². The van der Waals surface area contributed by atoms with Crippen molar-refractivity contribution in [3.63, 3.8) is 0 Å². The van der Waals surface area contributed by atoms with Crippen molar-refractivity contribution in [2.24, 2.45) is 17.8 Å². The number of hydrogen-bond acceptors (Lipinski definition) is 4. The van der Waals surface area contributed by atoms with Gasteiger partial charge in [0.15, 0.2) is 0 Å². The van der Waals surface area contributed by atoms with E-state index in [1.54, 1.807) is 0 Å². The van der Waals surface area contributed by atoms with Crippen LogP contribution in [0.4, 0.5) is 0 Å². The van der Waals surface area contributed by atoms with Crippen molar-refractivity contribution >= 4 is 11.9 Å². The first-order valence-corrected chi connectivity index (χ1v) is 4.65. The minimum absolute atomic E-state index is 0.0559. The van der Waals surface area contributed by atoms with Gasteiger partial charge in [-0.1, -0.05) is 12.2 Å². The van der Waals surface area contributed by atoms with Crippen LogP contribution in [0.3, 0.4) is 0 Å². The van der Waals surface area contributed by atoms with Crippen LogP contribution in [0.15, 0.2) is 12.2 Å². The Morgan fingerprint density at radius 1 is 1.64 bits per heavy atom. The van der Waals surface area contributed by atoms with Gasteiger partial charge in [0.2, 0.25) is 0 Å². The van der Waals surface area contributed by atoms with Crippen LogP contribution in [0.5, 0.6) is 0 Å². The number of rotatable bonds is 1. The number of methoxy groups -OCH3 is 1. The van der Waals surface area contributed by atoms with Gasteiger partial charge < -0.3 is 9.47 Å². The summed E-state index contributed by atoms with van der Waals surface area (Å²) in [4.78, 5) is 22.8. The Kier molecular flexibility index (Phi) is 2.27. The summed E-state index contributed by atoms with van der Waals surface area (Å²) >= 11 is 0. The fourth-order valence-corrected chi connectivity index (χ4v) is 2.13. The average molecular weight is 196 g/mol. The highest BCUT2D eigenvalue weighted by atomic mass is 16.5. The number of ether oxygens (including phenoxy) is 2. The summed E-state index contributed by atoms with van der Waals surface area (Å²) in [6.45, 7) is 0.396. The smallest absolute Gasteiger partial charge is 0.310 e. The Bertz CT molecular complexity index is 294. The zero-order valence-electron chi connectivity index (χ0n) is 7.93. The lowest BCUT2D eigenvalue weighted by molar-refractivity contribution is -0.154. The largest absolute Gasteiger partial charge is 0.469 e. The van der Waals surface area contributed by atoms with E-state index in [0.717, 1.165) is 0 Å². The third-order valence-electron chi connectivity index (χ3n) is 2.86. The molecule has 0 aromatic rings. The Labute approximate surface area is 81.9 Å².